The quantitative estimate of drug-likeness (QED) is 0.426. The van der Waals surface area contributed by atoms with Crippen molar-refractivity contribution in [2.45, 2.75) is 13.3 Å². The number of carbonyl (C=O) groups is 1. The second-order valence-electron chi connectivity index (χ2n) is 2.12. The number of ketones is 1. The van der Waals surface area contributed by atoms with Gasteiger partial charge in [0.15, 0.2) is 5.78 Å². The minimum absolute atomic E-state index is 0.0560. The lowest BCUT2D eigenvalue weighted by Crippen LogP contribution is -2.24. The van der Waals surface area contributed by atoms with Crippen LogP contribution in [0, 0.1) is 0 Å². The molecule has 0 N–H and O–H groups in total. The van der Waals surface area contributed by atoms with Gasteiger partial charge in [0.05, 0.1) is 7.11 Å². The third kappa shape index (κ3) is 4.70. The molecule has 64 valence electrons. The minimum atomic E-state index is 0.0560. The van der Waals surface area contributed by atoms with Crippen molar-refractivity contribution in [1.82, 2.24) is 5.06 Å². The lowest BCUT2D eigenvalue weighted by atomic mass is 10.3. The smallest absolute Gasteiger partial charge is 0.156 e. The van der Waals surface area contributed by atoms with E-state index in [-0.39, 0.29) is 5.78 Å². The zero-order valence-electron chi connectivity index (χ0n) is 7.17. The fourth-order valence-corrected chi connectivity index (χ4v) is 0.715. The van der Waals surface area contributed by atoms with Gasteiger partial charge in [0.1, 0.15) is 0 Å². The van der Waals surface area contributed by atoms with Gasteiger partial charge in [-0.2, -0.15) is 5.06 Å². The molecule has 3 nitrogen and oxygen atoms in total. The summed E-state index contributed by atoms with van der Waals surface area (Å²) in [5, 5.41) is 1.72. The summed E-state index contributed by atoms with van der Waals surface area (Å²) < 4.78 is 0. The van der Waals surface area contributed by atoms with Crippen LogP contribution in [0.15, 0.2) is 12.7 Å². The van der Waals surface area contributed by atoms with Gasteiger partial charge in [0.25, 0.3) is 0 Å². The first kappa shape index (κ1) is 10.3. The molecule has 0 amide bonds. The maximum atomic E-state index is 10.7. The van der Waals surface area contributed by atoms with Crippen LogP contribution < -0.4 is 0 Å². The van der Waals surface area contributed by atoms with Crippen LogP contribution in [0.5, 0.6) is 0 Å². The first-order chi connectivity index (χ1) is 5.24. The van der Waals surface area contributed by atoms with Crippen molar-refractivity contribution < 1.29 is 9.63 Å². The lowest BCUT2D eigenvalue weighted by molar-refractivity contribution is -0.134. The van der Waals surface area contributed by atoms with Crippen molar-refractivity contribution in [1.29, 1.82) is 0 Å². The molecule has 0 saturated heterocycles. The van der Waals surface area contributed by atoms with Crippen molar-refractivity contribution >= 4 is 5.78 Å². The standard InChI is InChI=1S/C8H15NO2/c1-4-8(10)6-7-9(5-2)11-3/h4H,1,5-7H2,2-3H3. The Labute approximate surface area is 67.6 Å². The maximum Gasteiger partial charge on any atom is 0.156 e. The van der Waals surface area contributed by atoms with Gasteiger partial charge in [0.2, 0.25) is 0 Å². The molecule has 0 radical (unpaired) electrons. The Kier molecular flexibility index (Phi) is 5.70. The number of hydrogen-bond acceptors (Lipinski definition) is 3. The van der Waals surface area contributed by atoms with Crippen molar-refractivity contribution in [3.05, 3.63) is 12.7 Å². The molecule has 0 spiro atoms. The van der Waals surface area contributed by atoms with Gasteiger partial charge in [0, 0.05) is 19.5 Å². The molecule has 0 aliphatic rings. The average molecular weight is 157 g/mol. The predicted octanol–water partition coefficient (Wildman–Crippen LogP) is 1.01. The van der Waals surface area contributed by atoms with Gasteiger partial charge in [-0.25, -0.2) is 0 Å². The van der Waals surface area contributed by atoms with Crippen LogP contribution in [-0.4, -0.2) is 31.0 Å². The van der Waals surface area contributed by atoms with E-state index in [9.17, 15) is 4.79 Å². The highest BCUT2D eigenvalue weighted by atomic mass is 16.7. The molecule has 11 heavy (non-hydrogen) atoms. The lowest BCUT2D eigenvalue weighted by Gasteiger charge is -2.15. The normalized spacial score (nSPS) is 10.1. The van der Waals surface area contributed by atoms with Gasteiger partial charge in [-0.3, -0.25) is 4.79 Å². The number of hydrogen-bond donors (Lipinski definition) is 0. The molecule has 0 bridgehead atoms. The van der Waals surface area contributed by atoms with Gasteiger partial charge in [-0.1, -0.05) is 13.5 Å². The van der Waals surface area contributed by atoms with Crippen LogP contribution in [0.25, 0.3) is 0 Å². The highest BCUT2D eigenvalue weighted by Gasteiger charge is 2.01. The largest absolute Gasteiger partial charge is 0.302 e. The van der Waals surface area contributed by atoms with Crippen LogP contribution in [0.2, 0.25) is 0 Å². The molecule has 0 rings (SSSR count). The SMILES string of the molecule is C=CC(=O)CCN(CC)OC. The topological polar surface area (TPSA) is 29.5 Å². The number of hydroxylamine groups is 2. The Hall–Kier alpha value is -0.670. The monoisotopic (exact) mass is 157 g/mol. The molecule has 0 aromatic heterocycles. The molecular weight excluding hydrogens is 142 g/mol. The molecule has 0 saturated carbocycles. The zero-order valence-corrected chi connectivity index (χ0v) is 7.17. The van der Waals surface area contributed by atoms with Crippen LogP contribution in [-0.2, 0) is 9.63 Å². The second-order valence-corrected chi connectivity index (χ2v) is 2.12. The number of rotatable bonds is 6. The number of carbonyl (C=O) groups excluding carboxylic acids is 1. The Morgan fingerprint density at radius 2 is 2.36 bits per heavy atom. The fourth-order valence-electron chi connectivity index (χ4n) is 0.715. The summed E-state index contributed by atoms with van der Waals surface area (Å²) in [5.74, 6) is 0.0560. The summed E-state index contributed by atoms with van der Waals surface area (Å²) in [7, 11) is 1.60. The Balaban J connectivity index is 3.49. The van der Waals surface area contributed by atoms with E-state index in [1.54, 1.807) is 12.2 Å². The molecule has 3 heteroatoms. The number of nitrogens with zero attached hydrogens (tertiary/aromatic N) is 1. The summed E-state index contributed by atoms with van der Waals surface area (Å²) >= 11 is 0. The van der Waals surface area contributed by atoms with Crippen LogP contribution in [0.1, 0.15) is 13.3 Å². The predicted molar refractivity (Wildman–Crippen MR) is 44.1 cm³/mol. The molecule has 0 aliphatic heterocycles. The van der Waals surface area contributed by atoms with E-state index in [0.717, 1.165) is 6.54 Å². The van der Waals surface area contributed by atoms with E-state index in [1.165, 1.54) is 6.08 Å². The van der Waals surface area contributed by atoms with Gasteiger partial charge in [-0.15, -0.1) is 0 Å². The maximum absolute atomic E-state index is 10.7. The van der Waals surface area contributed by atoms with Gasteiger partial charge >= 0.3 is 0 Å². The molecule has 0 fully saturated rings. The summed E-state index contributed by atoms with van der Waals surface area (Å²) in [5.41, 5.74) is 0. The van der Waals surface area contributed by atoms with Crippen LogP contribution in [0.3, 0.4) is 0 Å². The summed E-state index contributed by atoms with van der Waals surface area (Å²) in [6, 6.07) is 0. The molecule has 0 aromatic rings. The van der Waals surface area contributed by atoms with Crippen LogP contribution >= 0.6 is 0 Å². The second kappa shape index (κ2) is 6.07. The van der Waals surface area contributed by atoms with Crippen molar-refractivity contribution in [2.24, 2.45) is 0 Å². The fraction of sp³-hybridized carbons (Fsp3) is 0.625. The van der Waals surface area contributed by atoms with E-state index in [2.05, 4.69) is 6.58 Å². The summed E-state index contributed by atoms with van der Waals surface area (Å²) in [6.45, 7) is 6.78. The highest BCUT2D eigenvalue weighted by Crippen LogP contribution is 1.92. The summed E-state index contributed by atoms with van der Waals surface area (Å²) in [6.07, 6.45) is 1.81. The Morgan fingerprint density at radius 1 is 1.73 bits per heavy atom. The molecule has 0 aliphatic carbocycles. The Bertz CT molecular complexity index is 130. The van der Waals surface area contributed by atoms with E-state index in [1.807, 2.05) is 6.92 Å². The van der Waals surface area contributed by atoms with Crippen LogP contribution in [0.4, 0.5) is 0 Å². The summed E-state index contributed by atoms with van der Waals surface area (Å²) in [4.78, 5) is 15.7. The van der Waals surface area contributed by atoms with Crippen molar-refractivity contribution in [3.63, 3.8) is 0 Å². The van der Waals surface area contributed by atoms with E-state index >= 15 is 0 Å². The molecule has 0 heterocycles. The number of allylic oxidation sites excluding steroid dienone is 1. The third-order valence-electron chi connectivity index (χ3n) is 1.45. The zero-order chi connectivity index (χ0) is 8.69. The van der Waals surface area contributed by atoms with Crippen molar-refractivity contribution in [3.8, 4) is 0 Å². The molecule has 0 atom stereocenters. The highest BCUT2D eigenvalue weighted by molar-refractivity contribution is 5.89. The molecule has 0 aromatic carbocycles. The van der Waals surface area contributed by atoms with Gasteiger partial charge in [-0.05, 0) is 6.08 Å². The molecule has 0 unspecified atom stereocenters. The van der Waals surface area contributed by atoms with Gasteiger partial charge < -0.3 is 4.84 Å². The Morgan fingerprint density at radius 3 is 2.73 bits per heavy atom. The van der Waals surface area contributed by atoms with E-state index in [0.29, 0.717) is 13.0 Å². The van der Waals surface area contributed by atoms with Crippen molar-refractivity contribution in [2.75, 3.05) is 20.2 Å². The van der Waals surface area contributed by atoms with E-state index < -0.39 is 0 Å². The third-order valence-corrected chi connectivity index (χ3v) is 1.45. The minimum Gasteiger partial charge on any atom is -0.302 e. The first-order valence-corrected chi connectivity index (χ1v) is 3.68. The first-order valence-electron chi connectivity index (χ1n) is 3.68. The molecular formula is C8H15NO2. The van der Waals surface area contributed by atoms with E-state index in [4.69, 9.17) is 4.84 Å². The average Bonchev–Trinajstić information content (AvgIpc) is 2.06.